The zero-order valence-electron chi connectivity index (χ0n) is 15.3. The summed E-state index contributed by atoms with van der Waals surface area (Å²) >= 11 is 6.01. The minimum atomic E-state index is -1.04. The van der Waals surface area contributed by atoms with Gasteiger partial charge in [-0.15, -0.1) is 0 Å². The van der Waals surface area contributed by atoms with Gasteiger partial charge in [0.25, 0.3) is 5.91 Å². The van der Waals surface area contributed by atoms with E-state index in [4.69, 9.17) is 16.0 Å². The molecule has 4 rings (SSSR count). The summed E-state index contributed by atoms with van der Waals surface area (Å²) < 4.78 is 5.79. The van der Waals surface area contributed by atoms with Crippen LogP contribution in [0.1, 0.15) is 23.0 Å². The summed E-state index contributed by atoms with van der Waals surface area (Å²) in [5.41, 5.74) is 2.10. The topological polar surface area (TPSA) is 83.1 Å². The minimum absolute atomic E-state index is 0.142. The molecule has 1 aliphatic rings. The molecular weight excluding hydrogens is 392 g/mol. The summed E-state index contributed by atoms with van der Waals surface area (Å²) in [5.74, 6) is -0.510. The highest BCUT2D eigenvalue weighted by molar-refractivity contribution is 6.33. The first-order chi connectivity index (χ1) is 13.9. The number of benzene rings is 2. The SMILES string of the molecule is CC1=NN(c2cccc(Cl)c2)C(=O)C1=Cc1ccc(-c2ccccc2C(=O)O)o1. The molecule has 0 radical (unpaired) electrons. The molecule has 7 heteroatoms. The van der Waals surface area contributed by atoms with Crippen molar-refractivity contribution in [3.05, 3.63) is 82.6 Å². The van der Waals surface area contributed by atoms with Gasteiger partial charge in [-0.2, -0.15) is 10.1 Å². The van der Waals surface area contributed by atoms with Gasteiger partial charge in [0, 0.05) is 10.6 Å². The number of carbonyl (C=O) groups is 2. The van der Waals surface area contributed by atoms with Gasteiger partial charge >= 0.3 is 5.97 Å². The molecule has 3 aromatic rings. The van der Waals surface area contributed by atoms with E-state index >= 15 is 0 Å². The molecule has 0 saturated carbocycles. The summed E-state index contributed by atoms with van der Waals surface area (Å²) in [6.07, 6.45) is 1.60. The molecule has 144 valence electrons. The predicted octanol–water partition coefficient (Wildman–Crippen LogP) is 5.10. The maximum Gasteiger partial charge on any atom is 0.336 e. The van der Waals surface area contributed by atoms with E-state index in [1.54, 1.807) is 67.6 Å². The third-order valence-electron chi connectivity index (χ3n) is 4.45. The molecule has 6 nitrogen and oxygen atoms in total. The highest BCUT2D eigenvalue weighted by Gasteiger charge is 2.29. The van der Waals surface area contributed by atoms with Crippen LogP contribution in [0.2, 0.25) is 5.02 Å². The zero-order valence-corrected chi connectivity index (χ0v) is 16.1. The number of amides is 1. The molecule has 0 fully saturated rings. The van der Waals surface area contributed by atoms with Crippen molar-refractivity contribution in [3.63, 3.8) is 0 Å². The van der Waals surface area contributed by atoms with Crippen molar-refractivity contribution in [1.29, 1.82) is 0 Å². The average molecular weight is 407 g/mol. The van der Waals surface area contributed by atoms with Gasteiger partial charge < -0.3 is 9.52 Å². The first-order valence-corrected chi connectivity index (χ1v) is 9.11. The van der Waals surface area contributed by atoms with E-state index in [-0.39, 0.29) is 11.5 Å². The number of furan rings is 1. The van der Waals surface area contributed by atoms with Crippen molar-refractivity contribution in [1.82, 2.24) is 0 Å². The lowest BCUT2D eigenvalue weighted by Gasteiger charge is -2.11. The second-order valence-electron chi connectivity index (χ2n) is 6.39. The van der Waals surface area contributed by atoms with E-state index in [9.17, 15) is 14.7 Å². The number of hydrogen-bond donors (Lipinski definition) is 1. The fourth-order valence-corrected chi connectivity index (χ4v) is 3.25. The van der Waals surface area contributed by atoms with Gasteiger partial charge in [-0.25, -0.2) is 4.79 Å². The first kappa shape index (κ1) is 18.7. The van der Waals surface area contributed by atoms with Gasteiger partial charge in [0.05, 0.1) is 22.5 Å². The second kappa shape index (κ2) is 7.41. The van der Waals surface area contributed by atoms with Gasteiger partial charge in [0.15, 0.2) is 0 Å². The van der Waals surface area contributed by atoms with Gasteiger partial charge in [-0.3, -0.25) is 4.79 Å². The predicted molar refractivity (Wildman–Crippen MR) is 111 cm³/mol. The van der Waals surface area contributed by atoms with Crippen LogP contribution < -0.4 is 5.01 Å². The number of rotatable bonds is 4. The maximum absolute atomic E-state index is 12.8. The standard InChI is InChI=1S/C22H15ClN2O4/c1-13-19(21(26)25(24-13)15-6-4-5-14(23)11-15)12-16-9-10-20(29-16)17-7-2-3-8-18(17)22(27)28/h2-12H,1H3,(H,27,28). The first-order valence-electron chi connectivity index (χ1n) is 8.74. The number of hydrazone groups is 1. The second-order valence-corrected chi connectivity index (χ2v) is 6.83. The van der Waals surface area contributed by atoms with Crippen molar-refractivity contribution in [3.8, 4) is 11.3 Å². The Balaban J connectivity index is 1.66. The Morgan fingerprint density at radius 1 is 1.14 bits per heavy atom. The van der Waals surface area contributed by atoms with Crippen LogP contribution in [0.25, 0.3) is 17.4 Å². The highest BCUT2D eigenvalue weighted by atomic mass is 35.5. The lowest BCUT2D eigenvalue weighted by Crippen LogP contribution is -2.21. The summed E-state index contributed by atoms with van der Waals surface area (Å²) in [7, 11) is 0. The van der Waals surface area contributed by atoms with Crippen molar-refractivity contribution >= 4 is 41.0 Å². The van der Waals surface area contributed by atoms with Gasteiger partial charge in [-0.05, 0) is 49.4 Å². The van der Waals surface area contributed by atoms with E-state index in [0.29, 0.717) is 39.1 Å². The molecule has 2 aromatic carbocycles. The Labute approximate surface area is 171 Å². The monoisotopic (exact) mass is 406 g/mol. The van der Waals surface area contributed by atoms with Gasteiger partial charge in [0.2, 0.25) is 0 Å². The van der Waals surface area contributed by atoms with Crippen LogP contribution >= 0.6 is 11.6 Å². The largest absolute Gasteiger partial charge is 0.478 e. The molecule has 1 amide bonds. The summed E-state index contributed by atoms with van der Waals surface area (Å²) in [6, 6.07) is 16.8. The summed E-state index contributed by atoms with van der Waals surface area (Å²) in [5, 5.41) is 15.5. The van der Waals surface area contributed by atoms with Crippen LogP contribution in [-0.2, 0) is 4.79 Å². The van der Waals surface area contributed by atoms with Crippen LogP contribution in [-0.4, -0.2) is 22.7 Å². The number of carboxylic acid groups (broad SMARTS) is 1. The van der Waals surface area contributed by atoms with Crippen LogP contribution in [0.3, 0.4) is 0 Å². The summed E-state index contributed by atoms with van der Waals surface area (Å²) in [4.78, 5) is 24.3. The van der Waals surface area contributed by atoms with Crippen molar-refractivity contribution in [2.24, 2.45) is 5.10 Å². The quantitative estimate of drug-likeness (QED) is 0.610. The van der Waals surface area contributed by atoms with Crippen LogP contribution in [0.15, 0.2) is 75.8 Å². The Hall–Kier alpha value is -3.64. The molecule has 1 aliphatic heterocycles. The third kappa shape index (κ3) is 3.58. The number of carbonyl (C=O) groups excluding carboxylic acids is 1. The molecule has 0 spiro atoms. The van der Waals surface area contributed by atoms with Crippen LogP contribution in [0.4, 0.5) is 5.69 Å². The van der Waals surface area contributed by atoms with E-state index in [1.807, 2.05) is 0 Å². The highest BCUT2D eigenvalue weighted by Crippen LogP contribution is 2.30. The molecule has 0 unspecified atom stereocenters. The van der Waals surface area contributed by atoms with E-state index < -0.39 is 5.97 Å². The zero-order chi connectivity index (χ0) is 20.5. The third-order valence-corrected chi connectivity index (χ3v) is 4.69. The van der Waals surface area contributed by atoms with E-state index in [0.717, 1.165) is 0 Å². The molecule has 0 saturated heterocycles. The lowest BCUT2D eigenvalue weighted by atomic mass is 10.1. The molecule has 1 N–H and O–H groups in total. The van der Waals surface area contributed by atoms with Gasteiger partial charge in [0.1, 0.15) is 11.5 Å². The normalized spacial score (nSPS) is 15.1. The summed E-state index contributed by atoms with van der Waals surface area (Å²) in [6.45, 7) is 1.73. The fraction of sp³-hybridized carbons (Fsp3) is 0.0455. The molecule has 0 bridgehead atoms. The van der Waals surface area contributed by atoms with Crippen LogP contribution in [0.5, 0.6) is 0 Å². The number of anilines is 1. The van der Waals surface area contributed by atoms with Crippen molar-refractivity contribution < 1.29 is 19.1 Å². The minimum Gasteiger partial charge on any atom is -0.478 e. The Morgan fingerprint density at radius 3 is 2.69 bits per heavy atom. The van der Waals surface area contributed by atoms with Gasteiger partial charge in [-0.1, -0.05) is 35.9 Å². The number of nitrogens with zero attached hydrogens (tertiary/aromatic N) is 2. The Kier molecular flexibility index (Phi) is 4.78. The fourth-order valence-electron chi connectivity index (χ4n) is 3.07. The Bertz CT molecular complexity index is 1190. The molecule has 2 heterocycles. The molecule has 29 heavy (non-hydrogen) atoms. The smallest absolute Gasteiger partial charge is 0.336 e. The molecule has 1 aromatic heterocycles. The van der Waals surface area contributed by atoms with Crippen molar-refractivity contribution in [2.75, 3.05) is 5.01 Å². The number of carboxylic acids is 1. The molecular formula is C22H15ClN2O4. The van der Waals surface area contributed by atoms with E-state index in [1.165, 1.54) is 11.1 Å². The van der Waals surface area contributed by atoms with Crippen molar-refractivity contribution in [2.45, 2.75) is 6.92 Å². The molecule has 0 aliphatic carbocycles. The molecule has 0 atom stereocenters. The number of halogens is 1. The maximum atomic E-state index is 12.8. The lowest BCUT2D eigenvalue weighted by molar-refractivity contribution is -0.114. The number of aromatic carboxylic acids is 1. The van der Waals surface area contributed by atoms with E-state index in [2.05, 4.69) is 5.10 Å². The number of hydrogen-bond acceptors (Lipinski definition) is 4. The van der Waals surface area contributed by atoms with Crippen LogP contribution in [0, 0.1) is 0 Å². The Morgan fingerprint density at radius 2 is 1.93 bits per heavy atom. The average Bonchev–Trinajstić information content (AvgIpc) is 3.28.